The molecule has 0 radical (unpaired) electrons. The fourth-order valence-corrected chi connectivity index (χ4v) is 3.20. The van der Waals surface area contributed by atoms with Crippen molar-refractivity contribution >= 4 is 11.6 Å². The molecule has 2 aromatic rings. The minimum atomic E-state index is 0.153. The van der Waals surface area contributed by atoms with E-state index in [9.17, 15) is 4.79 Å². The standard InChI is InChI=1S/C17H24N4O2/c1-13-4-3-5-21-15(14(2)18-17(13)21)12-16(23)20-8-6-19(7-9-20)10-11-22/h3-5,22H,6-12H2,1-2H3. The van der Waals surface area contributed by atoms with Gasteiger partial charge in [-0.15, -0.1) is 0 Å². The summed E-state index contributed by atoms with van der Waals surface area (Å²) in [7, 11) is 0. The average Bonchev–Trinajstić information content (AvgIpc) is 2.86. The Labute approximate surface area is 136 Å². The largest absolute Gasteiger partial charge is 0.395 e. The Bertz CT molecular complexity index is 702. The lowest BCUT2D eigenvalue weighted by atomic mass is 10.2. The summed E-state index contributed by atoms with van der Waals surface area (Å²) < 4.78 is 2.03. The van der Waals surface area contributed by atoms with E-state index < -0.39 is 0 Å². The van der Waals surface area contributed by atoms with Gasteiger partial charge in [0.1, 0.15) is 5.65 Å². The summed E-state index contributed by atoms with van der Waals surface area (Å²) >= 11 is 0. The minimum Gasteiger partial charge on any atom is -0.395 e. The van der Waals surface area contributed by atoms with Gasteiger partial charge in [0.25, 0.3) is 0 Å². The maximum Gasteiger partial charge on any atom is 0.228 e. The molecule has 0 aromatic carbocycles. The van der Waals surface area contributed by atoms with Gasteiger partial charge in [-0.1, -0.05) is 6.07 Å². The molecule has 1 saturated heterocycles. The third-order valence-corrected chi connectivity index (χ3v) is 4.60. The van der Waals surface area contributed by atoms with Crippen LogP contribution < -0.4 is 0 Å². The first-order chi connectivity index (χ1) is 11.1. The molecule has 0 saturated carbocycles. The Hall–Kier alpha value is -1.92. The van der Waals surface area contributed by atoms with Crippen molar-refractivity contribution in [1.29, 1.82) is 0 Å². The number of hydrogen-bond acceptors (Lipinski definition) is 4. The maximum atomic E-state index is 12.6. The van der Waals surface area contributed by atoms with Gasteiger partial charge in [-0.2, -0.15) is 0 Å². The molecule has 6 heteroatoms. The van der Waals surface area contributed by atoms with Crippen LogP contribution in [0, 0.1) is 13.8 Å². The first-order valence-electron chi connectivity index (χ1n) is 8.14. The molecule has 1 N–H and O–H groups in total. The molecule has 0 spiro atoms. The van der Waals surface area contributed by atoms with Crippen molar-refractivity contribution < 1.29 is 9.90 Å². The molecular formula is C17H24N4O2. The van der Waals surface area contributed by atoms with Crippen LogP contribution in [-0.2, 0) is 11.2 Å². The number of aliphatic hydroxyl groups is 1. The van der Waals surface area contributed by atoms with Crippen LogP contribution >= 0.6 is 0 Å². The number of nitrogens with zero attached hydrogens (tertiary/aromatic N) is 4. The Morgan fingerprint density at radius 3 is 2.70 bits per heavy atom. The lowest BCUT2D eigenvalue weighted by Crippen LogP contribution is -2.49. The number of piperazine rings is 1. The van der Waals surface area contributed by atoms with E-state index in [0.29, 0.717) is 13.0 Å². The number of amides is 1. The number of carbonyl (C=O) groups is 1. The van der Waals surface area contributed by atoms with Gasteiger partial charge in [0.05, 0.1) is 24.4 Å². The van der Waals surface area contributed by atoms with Crippen LogP contribution in [0.5, 0.6) is 0 Å². The van der Waals surface area contributed by atoms with Gasteiger partial charge >= 0.3 is 0 Å². The molecule has 2 aromatic heterocycles. The Morgan fingerprint density at radius 1 is 1.26 bits per heavy atom. The molecular weight excluding hydrogens is 292 g/mol. The number of fused-ring (bicyclic) bond motifs is 1. The summed E-state index contributed by atoms with van der Waals surface area (Å²) in [6, 6.07) is 4.03. The molecule has 3 heterocycles. The highest BCUT2D eigenvalue weighted by molar-refractivity contribution is 5.79. The first-order valence-corrected chi connectivity index (χ1v) is 8.14. The monoisotopic (exact) mass is 316 g/mol. The Balaban J connectivity index is 1.72. The van der Waals surface area contributed by atoms with Crippen molar-refractivity contribution in [3.8, 4) is 0 Å². The van der Waals surface area contributed by atoms with Crippen molar-refractivity contribution in [2.45, 2.75) is 20.3 Å². The zero-order valence-electron chi connectivity index (χ0n) is 13.8. The highest BCUT2D eigenvalue weighted by atomic mass is 16.3. The zero-order chi connectivity index (χ0) is 16.4. The number of aliphatic hydroxyl groups excluding tert-OH is 1. The summed E-state index contributed by atoms with van der Waals surface area (Å²) in [6.07, 6.45) is 2.36. The van der Waals surface area contributed by atoms with E-state index in [2.05, 4.69) is 9.88 Å². The smallest absolute Gasteiger partial charge is 0.228 e. The lowest BCUT2D eigenvalue weighted by molar-refractivity contribution is -0.132. The third kappa shape index (κ3) is 3.23. The number of aryl methyl sites for hydroxylation is 2. The average molecular weight is 316 g/mol. The van der Waals surface area contributed by atoms with Gasteiger partial charge in [-0.3, -0.25) is 9.69 Å². The van der Waals surface area contributed by atoms with E-state index in [1.54, 1.807) is 0 Å². The van der Waals surface area contributed by atoms with Gasteiger partial charge in [-0.05, 0) is 25.5 Å². The molecule has 0 unspecified atom stereocenters. The fraction of sp³-hybridized carbons (Fsp3) is 0.529. The lowest BCUT2D eigenvalue weighted by Gasteiger charge is -2.34. The highest BCUT2D eigenvalue weighted by Crippen LogP contribution is 2.17. The number of carbonyl (C=O) groups excluding carboxylic acids is 1. The number of aromatic nitrogens is 2. The van der Waals surface area contributed by atoms with E-state index in [0.717, 1.165) is 48.8 Å². The van der Waals surface area contributed by atoms with Gasteiger partial charge in [0.15, 0.2) is 0 Å². The molecule has 6 nitrogen and oxygen atoms in total. The molecule has 0 atom stereocenters. The van der Waals surface area contributed by atoms with Crippen molar-refractivity contribution in [1.82, 2.24) is 19.2 Å². The highest BCUT2D eigenvalue weighted by Gasteiger charge is 2.22. The van der Waals surface area contributed by atoms with Gasteiger partial charge < -0.3 is 14.4 Å². The van der Waals surface area contributed by atoms with Crippen LogP contribution in [0.15, 0.2) is 18.3 Å². The molecule has 1 aliphatic rings. The van der Waals surface area contributed by atoms with Crippen LogP contribution in [-0.4, -0.2) is 69.5 Å². The topological polar surface area (TPSA) is 61.1 Å². The van der Waals surface area contributed by atoms with Crippen molar-refractivity contribution in [3.05, 3.63) is 35.3 Å². The van der Waals surface area contributed by atoms with Crippen LogP contribution in [0.2, 0.25) is 0 Å². The van der Waals surface area contributed by atoms with Crippen LogP contribution in [0.3, 0.4) is 0 Å². The van der Waals surface area contributed by atoms with Crippen molar-refractivity contribution in [2.24, 2.45) is 0 Å². The number of pyridine rings is 1. The second-order valence-corrected chi connectivity index (χ2v) is 6.15. The number of rotatable bonds is 4. The van der Waals surface area contributed by atoms with E-state index in [1.165, 1.54) is 0 Å². The molecule has 1 aliphatic heterocycles. The summed E-state index contributed by atoms with van der Waals surface area (Å²) in [5.74, 6) is 0.153. The predicted octanol–water partition coefficient (Wildman–Crippen LogP) is 0.630. The van der Waals surface area contributed by atoms with Gasteiger partial charge in [-0.25, -0.2) is 4.98 Å². The second kappa shape index (κ2) is 6.68. The summed E-state index contributed by atoms with van der Waals surface area (Å²) in [6.45, 7) is 7.99. The molecule has 0 aliphatic carbocycles. The summed E-state index contributed by atoms with van der Waals surface area (Å²) in [4.78, 5) is 21.3. The Kier molecular flexibility index (Phi) is 4.63. The third-order valence-electron chi connectivity index (χ3n) is 4.60. The number of hydrogen-bond donors (Lipinski definition) is 1. The first kappa shape index (κ1) is 16.0. The maximum absolute atomic E-state index is 12.6. The van der Waals surface area contributed by atoms with Crippen LogP contribution in [0.1, 0.15) is 17.0 Å². The van der Waals surface area contributed by atoms with Crippen molar-refractivity contribution in [2.75, 3.05) is 39.3 Å². The molecule has 124 valence electrons. The zero-order valence-corrected chi connectivity index (χ0v) is 13.8. The minimum absolute atomic E-state index is 0.153. The molecule has 1 fully saturated rings. The van der Waals surface area contributed by atoms with Gasteiger partial charge in [0, 0.05) is 38.9 Å². The second-order valence-electron chi connectivity index (χ2n) is 6.15. The van der Waals surface area contributed by atoms with Gasteiger partial charge in [0.2, 0.25) is 5.91 Å². The SMILES string of the molecule is Cc1nc2c(C)cccn2c1CC(=O)N1CCN(CCO)CC1. The fourth-order valence-electron chi connectivity index (χ4n) is 3.20. The summed E-state index contributed by atoms with van der Waals surface area (Å²) in [5.41, 5.74) is 3.95. The van der Waals surface area contributed by atoms with E-state index in [1.807, 2.05) is 41.5 Å². The van der Waals surface area contributed by atoms with E-state index >= 15 is 0 Å². The van der Waals surface area contributed by atoms with Crippen molar-refractivity contribution in [3.63, 3.8) is 0 Å². The molecule has 23 heavy (non-hydrogen) atoms. The van der Waals surface area contributed by atoms with Crippen LogP contribution in [0.4, 0.5) is 0 Å². The Morgan fingerprint density at radius 2 is 2.00 bits per heavy atom. The molecule has 3 rings (SSSR count). The number of imidazole rings is 1. The quantitative estimate of drug-likeness (QED) is 0.899. The predicted molar refractivity (Wildman–Crippen MR) is 88.5 cm³/mol. The van der Waals surface area contributed by atoms with E-state index in [-0.39, 0.29) is 12.5 Å². The number of β-amino-alcohol motifs (C(OH)–C–C–N with tert-alkyl or cyclic N) is 1. The molecule has 0 bridgehead atoms. The normalized spacial score (nSPS) is 16.2. The molecule has 1 amide bonds. The van der Waals surface area contributed by atoms with Crippen LogP contribution in [0.25, 0.3) is 5.65 Å². The van der Waals surface area contributed by atoms with E-state index in [4.69, 9.17) is 5.11 Å². The summed E-state index contributed by atoms with van der Waals surface area (Å²) in [5, 5.41) is 8.99.